The molecule has 10 heavy (non-hydrogen) atoms. The molecule has 0 saturated carbocycles. The molecular formula is C7H16Cl2Si. The van der Waals surface area contributed by atoms with Gasteiger partial charge in [-0.15, -0.1) is 0 Å². The topological polar surface area (TPSA) is 0 Å². The average Bonchev–Trinajstić information content (AvgIpc) is 1.85. The van der Waals surface area contributed by atoms with Gasteiger partial charge in [-0.2, -0.15) is 22.2 Å². The summed E-state index contributed by atoms with van der Waals surface area (Å²) in [7, 11) is -1.34. The minimum absolute atomic E-state index is 0.440. The number of hydrogen-bond acceptors (Lipinski definition) is 0. The molecule has 0 rings (SSSR count). The summed E-state index contributed by atoms with van der Waals surface area (Å²) in [6.45, 7) is 6.73. The Kier molecular flexibility index (Phi) is 5.00. The van der Waals surface area contributed by atoms with E-state index in [1.807, 2.05) is 0 Å². The Labute approximate surface area is 74.9 Å². The quantitative estimate of drug-likeness (QED) is 0.480. The van der Waals surface area contributed by atoms with Crippen LogP contribution >= 0.6 is 22.2 Å². The maximum absolute atomic E-state index is 5.75. The fourth-order valence-corrected chi connectivity index (χ4v) is 2.33. The summed E-state index contributed by atoms with van der Waals surface area (Å²) in [5, 5.41) is 0. The molecule has 0 fully saturated rings. The van der Waals surface area contributed by atoms with E-state index in [-0.39, 0.29) is 0 Å². The Hall–Kier alpha value is 0.797. The zero-order valence-corrected chi connectivity index (χ0v) is 9.62. The van der Waals surface area contributed by atoms with Gasteiger partial charge >= 0.3 is 0 Å². The zero-order valence-electron chi connectivity index (χ0n) is 6.95. The van der Waals surface area contributed by atoms with Gasteiger partial charge in [-0.25, -0.2) is 0 Å². The van der Waals surface area contributed by atoms with Gasteiger partial charge in [0.25, 0.3) is 0 Å². The second-order valence-electron chi connectivity index (χ2n) is 3.45. The van der Waals surface area contributed by atoms with E-state index in [0.29, 0.717) is 5.41 Å². The van der Waals surface area contributed by atoms with Crippen LogP contribution in [0.3, 0.4) is 0 Å². The van der Waals surface area contributed by atoms with Crippen LogP contribution in [-0.2, 0) is 0 Å². The zero-order chi connectivity index (χ0) is 8.20. The third-order valence-electron chi connectivity index (χ3n) is 2.00. The van der Waals surface area contributed by atoms with Gasteiger partial charge in [0, 0.05) is 0 Å². The van der Waals surface area contributed by atoms with Crippen molar-refractivity contribution in [2.45, 2.75) is 39.7 Å². The van der Waals surface area contributed by atoms with E-state index < -0.39 is 7.42 Å². The summed E-state index contributed by atoms with van der Waals surface area (Å²) >= 11 is 11.5. The van der Waals surface area contributed by atoms with Crippen LogP contribution in [0.25, 0.3) is 0 Å². The number of hydrogen-bond donors (Lipinski definition) is 0. The van der Waals surface area contributed by atoms with Gasteiger partial charge in [0.2, 0.25) is 7.42 Å². The van der Waals surface area contributed by atoms with Crippen LogP contribution in [0.2, 0.25) is 6.04 Å². The van der Waals surface area contributed by atoms with Crippen molar-refractivity contribution in [1.29, 1.82) is 0 Å². The summed E-state index contributed by atoms with van der Waals surface area (Å²) in [6.07, 6.45) is 2.38. The van der Waals surface area contributed by atoms with E-state index >= 15 is 0 Å². The van der Waals surface area contributed by atoms with Crippen molar-refractivity contribution in [2.75, 3.05) is 0 Å². The van der Waals surface area contributed by atoms with Crippen LogP contribution in [-0.4, -0.2) is 7.42 Å². The highest BCUT2D eigenvalue weighted by molar-refractivity contribution is 7.33. The highest BCUT2D eigenvalue weighted by Crippen LogP contribution is 2.28. The largest absolute Gasteiger partial charge is 0.237 e. The SMILES string of the molecule is CCC(C)(C)CC[SiH](Cl)Cl. The fourth-order valence-electron chi connectivity index (χ4n) is 0.677. The maximum atomic E-state index is 5.75. The van der Waals surface area contributed by atoms with Gasteiger partial charge < -0.3 is 0 Å². The van der Waals surface area contributed by atoms with Crippen molar-refractivity contribution in [3.8, 4) is 0 Å². The van der Waals surface area contributed by atoms with Gasteiger partial charge in [-0.05, 0) is 17.9 Å². The second kappa shape index (κ2) is 4.63. The summed E-state index contributed by atoms with van der Waals surface area (Å²) in [4.78, 5) is 0. The molecule has 0 aromatic rings. The minimum Gasteiger partial charge on any atom is -0.150 e. The molecule has 0 aliphatic heterocycles. The van der Waals surface area contributed by atoms with Crippen molar-refractivity contribution in [3.63, 3.8) is 0 Å². The minimum atomic E-state index is -1.34. The molecule has 0 heterocycles. The molecule has 0 amide bonds. The molecule has 0 bridgehead atoms. The molecule has 0 aliphatic rings. The molecule has 0 radical (unpaired) electrons. The van der Waals surface area contributed by atoms with E-state index in [1.165, 1.54) is 12.8 Å². The van der Waals surface area contributed by atoms with E-state index in [4.69, 9.17) is 22.2 Å². The predicted molar refractivity (Wildman–Crippen MR) is 52.4 cm³/mol. The molecule has 62 valence electrons. The normalized spacial score (nSPS) is 12.6. The highest BCUT2D eigenvalue weighted by Gasteiger charge is 2.16. The summed E-state index contributed by atoms with van der Waals surface area (Å²) in [5.41, 5.74) is 0.440. The van der Waals surface area contributed by atoms with Crippen LogP contribution in [0.5, 0.6) is 0 Å². The van der Waals surface area contributed by atoms with Gasteiger partial charge in [0.1, 0.15) is 0 Å². The van der Waals surface area contributed by atoms with Crippen LogP contribution in [0.4, 0.5) is 0 Å². The van der Waals surface area contributed by atoms with Crippen molar-refractivity contribution < 1.29 is 0 Å². The Bertz CT molecular complexity index is 91.6. The Morgan fingerprint density at radius 1 is 1.30 bits per heavy atom. The van der Waals surface area contributed by atoms with Crippen molar-refractivity contribution in [1.82, 2.24) is 0 Å². The van der Waals surface area contributed by atoms with E-state index in [1.54, 1.807) is 0 Å². The monoisotopic (exact) mass is 198 g/mol. The van der Waals surface area contributed by atoms with Gasteiger partial charge in [-0.3, -0.25) is 0 Å². The first-order valence-corrected chi connectivity index (χ1v) is 8.07. The molecule has 3 heteroatoms. The van der Waals surface area contributed by atoms with Crippen molar-refractivity contribution in [2.24, 2.45) is 5.41 Å². The predicted octanol–water partition coefficient (Wildman–Crippen LogP) is 3.51. The summed E-state index contributed by atoms with van der Waals surface area (Å²) in [6, 6.07) is 1.05. The van der Waals surface area contributed by atoms with Gasteiger partial charge in [-0.1, -0.05) is 27.2 Å². The van der Waals surface area contributed by atoms with Crippen molar-refractivity contribution >= 4 is 29.6 Å². The van der Waals surface area contributed by atoms with Crippen LogP contribution in [0.1, 0.15) is 33.6 Å². The Morgan fingerprint density at radius 3 is 2.10 bits per heavy atom. The Balaban J connectivity index is 3.46. The fraction of sp³-hybridized carbons (Fsp3) is 1.00. The summed E-state index contributed by atoms with van der Waals surface area (Å²) in [5.74, 6) is 0. The second-order valence-corrected chi connectivity index (χ2v) is 8.64. The van der Waals surface area contributed by atoms with E-state index in [9.17, 15) is 0 Å². The van der Waals surface area contributed by atoms with Crippen LogP contribution < -0.4 is 0 Å². The molecular weight excluding hydrogens is 183 g/mol. The first-order chi connectivity index (χ1) is 4.48. The lowest BCUT2D eigenvalue weighted by atomic mass is 9.87. The molecule has 0 nitrogen and oxygen atoms in total. The molecule has 0 unspecified atom stereocenters. The van der Waals surface area contributed by atoms with Crippen LogP contribution in [0.15, 0.2) is 0 Å². The maximum Gasteiger partial charge on any atom is 0.237 e. The average molecular weight is 199 g/mol. The molecule has 0 aromatic carbocycles. The van der Waals surface area contributed by atoms with Gasteiger partial charge in [0.15, 0.2) is 0 Å². The first-order valence-electron chi connectivity index (χ1n) is 3.76. The molecule has 0 atom stereocenters. The lowest BCUT2D eigenvalue weighted by Gasteiger charge is -2.21. The van der Waals surface area contributed by atoms with Gasteiger partial charge in [0.05, 0.1) is 0 Å². The highest BCUT2D eigenvalue weighted by atomic mass is 35.7. The first kappa shape index (κ1) is 10.8. The number of rotatable bonds is 4. The third kappa shape index (κ3) is 5.57. The third-order valence-corrected chi connectivity index (χ3v) is 4.03. The standard InChI is InChI=1S/C7H16Cl2Si/c1-4-7(2,3)5-6-10(8)9/h10H,4-6H2,1-3H3. The lowest BCUT2D eigenvalue weighted by Crippen LogP contribution is -2.11. The van der Waals surface area contributed by atoms with Crippen LogP contribution in [0, 0.1) is 5.41 Å². The van der Waals surface area contributed by atoms with E-state index in [0.717, 1.165) is 6.04 Å². The van der Waals surface area contributed by atoms with E-state index in [2.05, 4.69) is 20.8 Å². The smallest absolute Gasteiger partial charge is 0.150 e. The summed E-state index contributed by atoms with van der Waals surface area (Å²) < 4.78 is 0. The molecule has 0 aromatic heterocycles. The Morgan fingerprint density at radius 2 is 1.80 bits per heavy atom. The molecule has 0 N–H and O–H groups in total. The van der Waals surface area contributed by atoms with Crippen molar-refractivity contribution in [3.05, 3.63) is 0 Å². The lowest BCUT2D eigenvalue weighted by molar-refractivity contribution is 0.338. The molecule has 0 saturated heterocycles. The number of halogens is 2. The molecule has 0 aliphatic carbocycles. The molecule has 0 spiro atoms.